The molecule has 0 saturated carbocycles. The van der Waals surface area contributed by atoms with Gasteiger partial charge in [-0.3, -0.25) is 4.79 Å². The topological polar surface area (TPSA) is 45.8 Å². The summed E-state index contributed by atoms with van der Waals surface area (Å²) in [7, 11) is 0. The van der Waals surface area contributed by atoms with Crippen LogP contribution >= 0.6 is 12.6 Å². The Labute approximate surface area is 128 Å². The molecule has 3 nitrogen and oxygen atoms in total. The average molecular weight is 296 g/mol. The van der Waals surface area contributed by atoms with Gasteiger partial charge in [0.1, 0.15) is 11.5 Å². The third kappa shape index (κ3) is 6.60. The van der Waals surface area contributed by atoms with Gasteiger partial charge in [0.15, 0.2) is 0 Å². The van der Waals surface area contributed by atoms with Crippen LogP contribution in [-0.2, 0) is 6.42 Å². The number of nitrogens with one attached hydrogen (secondary N) is 1. The standard InChI is InChI=1S/C16H28N2OS/c1-3-4-5-6-7-8-9-10-11-12-14-15(16(19)20)18-13(2)17-14/h3-12H2,1-2H3,(H,17,18)(H,19,20). The number of aryl methyl sites for hydroxylation is 2. The Morgan fingerprint density at radius 1 is 1.05 bits per heavy atom. The highest BCUT2D eigenvalue weighted by Crippen LogP contribution is 2.14. The molecule has 0 amide bonds. The smallest absolute Gasteiger partial charge is 0.236 e. The summed E-state index contributed by atoms with van der Waals surface area (Å²) >= 11 is 3.87. The highest BCUT2D eigenvalue weighted by atomic mass is 32.1. The molecule has 0 aliphatic rings. The molecule has 0 radical (unpaired) electrons. The van der Waals surface area contributed by atoms with Gasteiger partial charge in [-0.05, 0) is 19.8 Å². The summed E-state index contributed by atoms with van der Waals surface area (Å²) in [6.45, 7) is 4.13. The van der Waals surface area contributed by atoms with Gasteiger partial charge in [0, 0.05) is 5.69 Å². The maximum Gasteiger partial charge on any atom is 0.236 e. The van der Waals surface area contributed by atoms with Gasteiger partial charge in [-0.15, -0.1) is 0 Å². The van der Waals surface area contributed by atoms with E-state index in [0.717, 1.165) is 24.4 Å². The van der Waals surface area contributed by atoms with Crippen LogP contribution in [0.25, 0.3) is 0 Å². The van der Waals surface area contributed by atoms with E-state index in [0.29, 0.717) is 5.69 Å². The number of aromatic nitrogens is 2. The van der Waals surface area contributed by atoms with E-state index in [1.54, 1.807) is 0 Å². The summed E-state index contributed by atoms with van der Waals surface area (Å²) in [5.41, 5.74) is 1.45. The van der Waals surface area contributed by atoms with Crippen molar-refractivity contribution in [3.05, 3.63) is 17.2 Å². The van der Waals surface area contributed by atoms with Crippen molar-refractivity contribution in [2.75, 3.05) is 0 Å². The second kappa shape index (κ2) is 10.0. The van der Waals surface area contributed by atoms with Crippen molar-refractivity contribution in [1.29, 1.82) is 0 Å². The molecule has 1 N–H and O–H groups in total. The number of thiol groups is 1. The molecular weight excluding hydrogens is 268 g/mol. The molecule has 4 heteroatoms. The Bertz CT molecular complexity index is 401. The first-order valence-corrected chi connectivity index (χ1v) is 8.38. The van der Waals surface area contributed by atoms with Crippen LogP contribution in [0.3, 0.4) is 0 Å². The number of nitrogens with zero attached hydrogens (tertiary/aromatic N) is 1. The summed E-state index contributed by atoms with van der Waals surface area (Å²) < 4.78 is 0. The number of aromatic amines is 1. The Balaban J connectivity index is 2.11. The van der Waals surface area contributed by atoms with Gasteiger partial charge in [0.2, 0.25) is 5.12 Å². The van der Waals surface area contributed by atoms with Crippen LogP contribution in [0.4, 0.5) is 0 Å². The first-order chi connectivity index (χ1) is 9.65. The zero-order chi connectivity index (χ0) is 14.8. The lowest BCUT2D eigenvalue weighted by molar-refractivity contribution is 0.108. The summed E-state index contributed by atoms with van der Waals surface area (Å²) in [4.78, 5) is 18.7. The lowest BCUT2D eigenvalue weighted by Gasteiger charge is -2.02. The van der Waals surface area contributed by atoms with Crippen molar-refractivity contribution in [1.82, 2.24) is 9.97 Å². The van der Waals surface area contributed by atoms with Gasteiger partial charge in [-0.25, -0.2) is 4.98 Å². The monoisotopic (exact) mass is 296 g/mol. The van der Waals surface area contributed by atoms with Gasteiger partial charge in [0.25, 0.3) is 0 Å². The first kappa shape index (κ1) is 17.3. The molecule has 0 aliphatic carbocycles. The van der Waals surface area contributed by atoms with Crippen LogP contribution in [-0.4, -0.2) is 15.1 Å². The number of H-pyrrole nitrogens is 1. The Morgan fingerprint density at radius 2 is 1.60 bits per heavy atom. The van der Waals surface area contributed by atoms with E-state index in [9.17, 15) is 4.79 Å². The fraction of sp³-hybridized carbons (Fsp3) is 0.750. The summed E-state index contributed by atoms with van der Waals surface area (Å²) in [6.07, 6.45) is 12.7. The van der Waals surface area contributed by atoms with Crippen molar-refractivity contribution in [3.8, 4) is 0 Å². The van der Waals surface area contributed by atoms with E-state index in [1.807, 2.05) is 6.92 Å². The number of hydrogen-bond donors (Lipinski definition) is 2. The van der Waals surface area contributed by atoms with Crippen molar-refractivity contribution in [3.63, 3.8) is 0 Å². The number of imidazole rings is 1. The molecule has 0 unspecified atom stereocenters. The van der Waals surface area contributed by atoms with Crippen LogP contribution in [0.15, 0.2) is 0 Å². The second-order valence-corrected chi connectivity index (χ2v) is 5.94. The number of hydrogen-bond acceptors (Lipinski definition) is 2. The zero-order valence-corrected chi connectivity index (χ0v) is 13.8. The van der Waals surface area contributed by atoms with Crippen LogP contribution in [0.5, 0.6) is 0 Å². The van der Waals surface area contributed by atoms with Gasteiger partial charge in [-0.1, -0.05) is 70.9 Å². The number of carbonyl (C=O) groups is 1. The van der Waals surface area contributed by atoms with Crippen molar-refractivity contribution in [2.24, 2.45) is 0 Å². The average Bonchev–Trinajstić information content (AvgIpc) is 2.78. The zero-order valence-electron chi connectivity index (χ0n) is 12.9. The molecule has 1 heterocycles. The summed E-state index contributed by atoms with van der Waals surface area (Å²) in [5, 5.41) is -0.236. The third-order valence-electron chi connectivity index (χ3n) is 3.63. The lowest BCUT2D eigenvalue weighted by atomic mass is 10.1. The Morgan fingerprint density at radius 3 is 2.15 bits per heavy atom. The van der Waals surface area contributed by atoms with Crippen LogP contribution in [0, 0.1) is 6.92 Å². The molecule has 0 bridgehead atoms. The van der Waals surface area contributed by atoms with E-state index >= 15 is 0 Å². The number of rotatable bonds is 11. The molecular formula is C16H28N2OS. The van der Waals surface area contributed by atoms with Crippen molar-refractivity contribution < 1.29 is 4.79 Å². The molecule has 114 valence electrons. The molecule has 1 aromatic rings. The van der Waals surface area contributed by atoms with Crippen LogP contribution in [0.2, 0.25) is 0 Å². The van der Waals surface area contributed by atoms with Gasteiger partial charge < -0.3 is 4.98 Å². The largest absolute Gasteiger partial charge is 0.345 e. The fourth-order valence-corrected chi connectivity index (χ4v) is 2.70. The van der Waals surface area contributed by atoms with Gasteiger partial charge in [-0.2, -0.15) is 0 Å². The molecule has 0 atom stereocenters. The van der Waals surface area contributed by atoms with Gasteiger partial charge in [0.05, 0.1) is 0 Å². The summed E-state index contributed by atoms with van der Waals surface area (Å²) in [5.74, 6) is 0.799. The van der Waals surface area contributed by atoms with Crippen LogP contribution < -0.4 is 0 Å². The number of unbranched alkanes of at least 4 members (excludes halogenated alkanes) is 8. The maximum atomic E-state index is 11.3. The predicted octanol–water partition coefficient (Wildman–Crippen LogP) is 4.86. The lowest BCUT2D eigenvalue weighted by Crippen LogP contribution is -1.97. The summed E-state index contributed by atoms with van der Waals surface area (Å²) in [6, 6.07) is 0. The first-order valence-electron chi connectivity index (χ1n) is 7.94. The van der Waals surface area contributed by atoms with E-state index in [4.69, 9.17) is 0 Å². The molecule has 1 rings (SSSR count). The van der Waals surface area contributed by atoms with E-state index in [-0.39, 0.29) is 5.12 Å². The van der Waals surface area contributed by atoms with Gasteiger partial charge >= 0.3 is 0 Å². The molecule has 20 heavy (non-hydrogen) atoms. The fourth-order valence-electron chi connectivity index (χ4n) is 2.51. The van der Waals surface area contributed by atoms with Crippen molar-refractivity contribution >= 4 is 17.7 Å². The van der Waals surface area contributed by atoms with E-state index in [1.165, 1.54) is 51.4 Å². The minimum atomic E-state index is -0.236. The molecule has 0 aromatic carbocycles. The third-order valence-corrected chi connectivity index (χ3v) is 3.84. The normalized spacial score (nSPS) is 10.9. The van der Waals surface area contributed by atoms with Crippen LogP contribution in [0.1, 0.15) is 86.7 Å². The maximum absolute atomic E-state index is 11.3. The van der Waals surface area contributed by atoms with Crippen molar-refractivity contribution in [2.45, 2.75) is 78.1 Å². The Hall–Kier alpha value is -0.770. The molecule has 0 spiro atoms. The van der Waals surface area contributed by atoms with E-state index in [2.05, 4.69) is 29.5 Å². The van der Waals surface area contributed by atoms with E-state index < -0.39 is 0 Å². The SMILES string of the molecule is CCCCCCCCCCCc1[nH]c(C)nc1C(=O)S. The highest BCUT2D eigenvalue weighted by molar-refractivity contribution is 7.97. The quantitative estimate of drug-likeness (QED) is 0.452. The second-order valence-electron chi connectivity index (χ2n) is 5.53. The molecule has 0 saturated heterocycles. The Kier molecular flexibility index (Phi) is 8.67. The predicted molar refractivity (Wildman–Crippen MR) is 87.6 cm³/mol. The molecule has 0 aliphatic heterocycles. The minimum absolute atomic E-state index is 0.236. The minimum Gasteiger partial charge on any atom is -0.345 e. The molecule has 1 aromatic heterocycles. The highest BCUT2D eigenvalue weighted by Gasteiger charge is 2.12. The number of carbonyl (C=O) groups excluding carboxylic acids is 1. The molecule has 0 fully saturated rings.